The van der Waals surface area contributed by atoms with E-state index in [0.29, 0.717) is 18.9 Å². The highest BCUT2D eigenvalue weighted by Crippen LogP contribution is 2.30. The van der Waals surface area contributed by atoms with Gasteiger partial charge in [-0.3, -0.25) is 4.79 Å². The van der Waals surface area contributed by atoms with E-state index in [1.54, 1.807) is 4.90 Å². The number of amides is 1. The molecule has 108 valence electrons. The molecule has 0 aliphatic carbocycles. The number of nitrogens with one attached hydrogen (secondary N) is 1. The molecule has 1 amide bonds. The Balaban J connectivity index is 2.18. The van der Waals surface area contributed by atoms with E-state index in [1.165, 1.54) is 0 Å². The minimum Gasteiger partial charge on any atom is -0.480 e. The van der Waals surface area contributed by atoms with Gasteiger partial charge in [0.15, 0.2) is 0 Å². The molecule has 19 heavy (non-hydrogen) atoms. The maximum absolute atomic E-state index is 12.8. The minimum atomic E-state index is -0.871. The van der Waals surface area contributed by atoms with Gasteiger partial charge in [0.1, 0.15) is 6.04 Å². The first-order valence-corrected chi connectivity index (χ1v) is 7.29. The number of carboxylic acid groups (broad SMARTS) is 1. The molecule has 2 aliphatic heterocycles. The molecule has 3 atom stereocenters. The fraction of sp³-hybridized carbons (Fsp3) is 0.857. The Hall–Kier alpha value is -1.10. The molecule has 0 bridgehead atoms. The molecule has 5 nitrogen and oxygen atoms in total. The lowest BCUT2D eigenvalue weighted by Gasteiger charge is -2.41. The largest absolute Gasteiger partial charge is 0.480 e. The van der Waals surface area contributed by atoms with Gasteiger partial charge in [-0.15, -0.1) is 0 Å². The van der Waals surface area contributed by atoms with Crippen LogP contribution in [0.2, 0.25) is 0 Å². The Bertz CT molecular complexity index is 364. The van der Waals surface area contributed by atoms with Crippen molar-refractivity contribution in [2.45, 2.75) is 57.5 Å². The highest BCUT2D eigenvalue weighted by atomic mass is 16.4. The second-order valence-corrected chi connectivity index (χ2v) is 5.95. The topological polar surface area (TPSA) is 69.6 Å². The van der Waals surface area contributed by atoms with Crippen molar-refractivity contribution in [3.05, 3.63) is 0 Å². The monoisotopic (exact) mass is 268 g/mol. The SMILES string of the molecule is CCC1(C(=O)N2CCC(C)CC2C(=O)O)CCCN1. The van der Waals surface area contributed by atoms with Crippen LogP contribution in [0.15, 0.2) is 0 Å². The van der Waals surface area contributed by atoms with Crippen LogP contribution in [0.5, 0.6) is 0 Å². The van der Waals surface area contributed by atoms with Crippen molar-refractivity contribution in [1.82, 2.24) is 10.2 Å². The van der Waals surface area contributed by atoms with Crippen LogP contribution in [0.25, 0.3) is 0 Å². The molecule has 0 aromatic rings. The third-order valence-electron chi connectivity index (χ3n) is 4.67. The Morgan fingerprint density at radius 3 is 2.74 bits per heavy atom. The fourth-order valence-corrected chi connectivity index (χ4v) is 3.34. The van der Waals surface area contributed by atoms with Gasteiger partial charge in [-0.1, -0.05) is 13.8 Å². The van der Waals surface area contributed by atoms with Crippen molar-refractivity contribution in [2.24, 2.45) is 5.92 Å². The third kappa shape index (κ3) is 2.61. The Kier molecular flexibility index (Phi) is 4.13. The molecule has 0 saturated carbocycles. The van der Waals surface area contributed by atoms with Crippen LogP contribution in [0, 0.1) is 5.92 Å². The van der Waals surface area contributed by atoms with E-state index in [-0.39, 0.29) is 5.91 Å². The predicted octanol–water partition coefficient (Wildman–Crippen LogP) is 1.23. The Morgan fingerprint density at radius 2 is 2.21 bits per heavy atom. The molecule has 2 aliphatic rings. The fourth-order valence-electron chi connectivity index (χ4n) is 3.34. The molecule has 2 saturated heterocycles. The second kappa shape index (κ2) is 5.49. The quantitative estimate of drug-likeness (QED) is 0.807. The Labute approximate surface area is 114 Å². The summed E-state index contributed by atoms with van der Waals surface area (Å²) in [7, 11) is 0. The normalized spacial score (nSPS) is 35.4. The zero-order valence-corrected chi connectivity index (χ0v) is 11.8. The summed E-state index contributed by atoms with van der Waals surface area (Å²) in [5, 5.41) is 12.7. The van der Waals surface area contributed by atoms with Crippen molar-refractivity contribution in [3.63, 3.8) is 0 Å². The highest BCUT2D eigenvalue weighted by Gasteiger charge is 2.46. The summed E-state index contributed by atoms with van der Waals surface area (Å²) in [5.41, 5.74) is -0.520. The summed E-state index contributed by atoms with van der Waals surface area (Å²) in [6.07, 6.45) is 4.00. The lowest BCUT2D eigenvalue weighted by molar-refractivity contribution is -0.156. The minimum absolute atomic E-state index is 0.00759. The molecule has 0 aromatic carbocycles. The molecule has 2 fully saturated rings. The molecule has 3 unspecified atom stereocenters. The molecule has 0 aromatic heterocycles. The first-order chi connectivity index (χ1) is 9.00. The number of carbonyl (C=O) groups is 2. The van der Waals surface area contributed by atoms with Crippen LogP contribution in [-0.4, -0.2) is 46.6 Å². The number of nitrogens with zero attached hydrogens (tertiary/aromatic N) is 1. The van der Waals surface area contributed by atoms with Crippen molar-refractivity contribution >= 4 is 11.9 Å². The van der Waals surface area contributed by atoms with Gasteiger partial charge in [0.2, 0.25) is 5.91 Å². The molecule has 2 rings (SSSR count). The van der Waals surface area contributed by atoms with Gasteiger partial charge in [0.25, 0.3) is 0 Å². The molecule has 5 heteroatoms. The van der Waals surface area contributed by atoms with E-state index in [4.69, 9.17) is 0 Å². The summed E-state index contributed by atoms with van der Waals surface area (Å²) in [4.78, 5) is 25.8. The van der Waals surface area contributed by atoms with E-state index in [1.807, 2.05) is 6.92 Å². The van der Waals surface area contributed by atoms with Crippen LogP contribution in [-0.2, 0) is 9.59 Å². The highest BCUT2D eigenvalue weighted by molar-refractivity contribution is 5.90. The number of aliphatic carboxylic acids is 1. The smallest absolute Gasteiger partial charge is 0.326 e. The lowest BCUT2D eigenvalue weighted by Crippen LogP contribution is -2.60. The standard InChI is InChI=1S/C14H24N2O3/c1-3-14(6-4-7-15-14)13(19)16-8-5-10(2)9-11(16)12(17)18/h10-11,15H,3-9H2,1-2H3,(H,17,18). The molecular weight excluding hydrogens is 244 g/mol. The van der Waals surface area contributed by atoms with E-state index >= 15 is 0 Å². The van der Waals surface area contributed by atoms with Gasteiger partial charge in [-0.25, -0.2) is 4.79 Å². The number of carboxylic acids is 1. The molecular formula is C14H24N2O3. The van der Waals surface area contributed by atoms with E-state index in [2.05, 4.69) is 12.2 Å². The van der Waals surface area contributed by atoms with Gasteiger partial charge in [0, 0.05) is 6.54 Å². The van der Waals surface area contributed by atoms with Crippen LogP contribution >= 0.6 is 0 Å². The van der Waals surface area contributed by atoms with E-state index < -0.39 is 17.6 Å². The number of likely N-dealkylation sites (tertiary alicyclic amines) is 1. The summed E-state index contributed by atoms with van der Waals surface area (Å²) < 4.78 is 0. The van der Waals surface area contributed by atoms with Gasteiger partial charge < -0.3 is 15.3 Å². The average molecular weight is 268 g/mol. The summed E-state index contributed by atoms with van der Waals surface area (Å²) >= 11 is 0. The second-order valence-electron chi connectivity index (χ2n) is 5.95. The Morgan fingerprint density at radius 1 is 1.47 bits per heavy atom. The molecule has 0 radical (unpaired) electrons. The lowest BCUT2D eigenvalue weighted by atomic mass is 9.87. The average Bonchev–Trinajstić information content (AvgIpc) is 2.87. The van der Waals surface area contributed by atoms with Crippen LogP contribution in [0.1, 0.15) is 46.0 Å². The number of piperidine rings is 1. The zero-order chi connectivity index (χ0) is 14.0. The molecule has 2 heterocycles. The van der Waals surface area contributed by atoms with Gasteiger partial charge in [-0.05, 0) is 44.6 Å². The number of carbonyl (C=O) groups excluding carboxylic acids is 1. The van der Waals surface area contributed by atoms with Crippen molar-refractivity contribution in [3.8, 4) is 0 Å². The first kappa shape index (κ1) is 14.3. The predicted molar refractivity (Wildman–Crippen MR) is 71.8 cm³/mol. The third-order valence-corrected chi connectivity index (χ3v) is 4.67. The summed E-state index contributed by atoms with van der Waals surface area (Å²) in [6, 6.07) is -0.651. The summed E-state index contributed by atoms with van der Waals surface area (Å²) in [5.74, 6) is -0.504. The van der Waals surface area contributed by atoms with E-state index in [9.17, 15) is 14.7 Å². The molecule has 0 spiro atoms. The van der Waals surface area contributed by atoms with Crippen LogP contribution in [0.3, 0.4) is 0 Å². The van der Waals surface area contributed by atoms with Gasteiger partial charge in [0.05, 0.1) is 5.54 Å². The maximum atomic E-state index is 12.8. The van der Waals surface area contributed by atoms with E-state index in [0.717, 1.165) is 32.2 Å². The van der Waals surface area contributed by atoms with Crippen molar-refractivity contribution < 1.29 is 14.7 Å². The van der Waals surface area contributed by atoms with Gasteiger partial charge in [-0.2, -0.15) is 0 Å². The van der Waals surface area contributed by atoms with Crippen LogP contribution in [0.4, 0.5) is 0 Å². The number of rotatable bonds is 3. The molecule has 2 N–H and O–H groups in total. The first-order valence-electron chi connectivity index (χ1n) is 7.29. The van der Waals surface area contributed by atoms with Crippen LogP contribution < -0.4 is 5.32 Å². The zero-order valence-electron chi connectivity index (χ0n) is 11.8. The maximum Gasteiger partial charge on any atom is 0.326 e. The van der Waals surface area contributed by atoms with Crippen molar-refractivity contribution in [1.29, 1.82) is 0 Å². The number of hydrogen-bond acceptors (Lipinski definition) is 3. The van der Waals surface area contributed by atoms with Gasteiger partial charge >= 0.3 is 5.97 Å². The number of hydrogen-bond donors (Lipinski definition) is 2. The summed E-state index contributed by atoms with van der Waals surface area (Å²) in [6.45, 7) is 5.47. The van der Waals surface area contributed by atoms with Crippen molar-refractivity contribution in [2.75, 3.05) is 13.1 Å².